The zero-order valence-corrected chi connectivity index (χ0v) is 21.0. The molecule has 0 saturated carbocycles. The fraction of sp³-hybridized carbons (Fsp3) is 0.0968. The maximum absolute atomic E-state index is 4.85. The van der Waals surface area contributed by atoms with E-state index in [0.717, 1.165) is 11.5 Å². The van der Waals surface area contributed by atoms with Crippen molar-refractivity contribution >= 4 is 40.5 Å². The number of hydrogen-bond acceptors (Lipinski definition) is 2. The van der Waals surface area contributed by atoms with Crippen molar-refractivity contribution in [2.24, 2.45) is 0 Å². The normalized spacial score (nSPS) is 12.3. The van der Waals surface area contributed by atoms with Crippen LogP contribution in [0.5, 0.6) is 0 Å². The average molecular weight is 472 g/mol. The molecule has 0 saturated heterocycles. The van der Waals surface area contributed by atoms with Gasteiger partial charge in [0.05, 0.1) is 16.5 Å². The number of fused-ring (bicyclic) bond motifs is 3. The largest absolute Gasteiger partial charge is 0.294 e. The van der Waals surface area contributed by atoms with E-state index in [1.54, 1.807) is 0 Å². The van der Waals surface area contributed by atoms with Crippen LogP contribution in [0.3, 0.4) is 0 Å². The first-order valence-electron chi connectivity index (χ1n) is 11.8. The quantitative estimate of drug-likeness (QED) is 0.261. The summed E-state index contributed by atoms with van der Waals surface area (Å²) < 4.78 is 2.29. The summed E-state index contributed by atoms with van der Waals surface area (Å²) in [6.07, 6.45) is 1.92. The van der Waals surface area contributed by atoms with Crippen LogP contribution in [0.1, 0.15) is 11.3 Å². The summed E-state index contributed by atoms with van der Waals surface area (Å²) in [5.41, 5.74) is 8.21. The van der Waals surface area contributed by atoms with E-state index in [4.69, 9.17) is 4.98 Å². The third-order valence-electron chi connectivity index (χ3n) is 6.59. The molecule has 0 aliphatic rings. The van der Waals surface area contributed by atoms with Gasteiger partial charge < -0.3 is 0 Å². The van der Waals surface area contributed by atoms with E-state index in [1.807, 2.05) is 19.2 Å². The zero-order chi connectivity index (χ0) is 23.9. The Balaban J connectivity index is 1.51. The van der Waals surface area contributed by atoms with Crippen LogP contribution >= 0.6 is 7.92 Å². The summed E-state index contributed by atoms with van der Waals surface area (Å²) in [5, 5.41) is 3.82. The molecule has 0 aliphatic carbocycles. The number of nitrogens with zero attached hydrogens (tertiary/aromatic N) is 3. The molecule has 0 spiro atoms. The number of rotatable bonds is 4. The highest BCUT2D eigenvalue weighted by molar-refractivity contribution is 7.72. The Morgan fingerprint density at radius 3 is 2.34 bits per heavy atom. The molecule has 3 nitrogen and oxygen atoms in total. The molecule has 1 unspecified atom stereocenters. The molecule has 0 N–H and O–H groups in total. The number of hydrogen-bond donors (Lipinski definition) is 0. The van der Waals surface area contributed by atoms with E-state index in [1.165, 1.54) is 49.2 Å². The maximum atomic E-state index is 4.85. The van der Waals surface area contributed by atoms with Gasteiger partial charge in [-0.25, -0.2) is 4.98 Å². The predicted octanol–water partition coefficient (Wildman–Crippen LogP) is 6.92. The topological polar surface area (TPSA) is 30.7 Å². The minimum Gasteiger partial charge on any atom is -0.294 e. The van der Waals surface area contributed by atoms with Crippen LogP contribution in [-0.4, -0.2) is 21.2 Å². The lowest BCUT2D eigenvalue weighted by atomic mass is 10.0. The average Bonchev–Trinajstić information content (AvgIpc) is 3.22. The van der Waals surface area contributed by atoms with Crippen LogP contribution in [0.2, 0.25) is 0 Å². The fourth-order valence-electron chi connectivity index (χ4n) is 4.78. The molecule has 3 heterocycles. The molecular weight excluding hydrogens is 445 g/mol. The van der Waals surface area contributed by atoms with E-state index in [-0.39, 0.29) is 0 Å². The Morgan fingerprint density at radius 1 is 0.686 bits per heavy atom. The lowest BCUT2D eigenvalue weighted by Gasteiger charge is -2.14. The Morgan fingerprint density at radius 2 is 1.49 bits per heavy atom. The van der Waals surface area contributed by atoms with Gasteiger partial charge in [0.1, 0.15) is 5.82 Å². The van der Waals surface area contributed by atoms with Crippen molar-refractivity contribution in [2.45, 2.75) is 13.8 Å². The van der Waals surface area contributed by atoms with Crippen LogP contribution in [-0.2, 0) is 0 Å². The van der Waals surface area contributed by atoms with Crippen LogP contribution in [0.25, 0.3) is 38.8 Å². The third-order valence-corrected chi connectivity index (χ3v) is 8.57. The van der Waals surface area contributed by atoms with Gasteiger partial charge in [0.2, 0.25) is 0 Å². The van der Waals surface area contributed by atoms with Gasteiger partial charge in [0, 0.05) is 22.7 Å². The Hall–Kier alpha value is -3.81. The summed E-state index contributed by atoms with van der Waals surface area (Å²) in [5.74, 6) is 0.949. The molecule has 1 atom stereocenters. The van der Waals surface area contributed by atoms with Gasteiger partial charge in [-0.05, 0) is 92.9 Å². The third kappa shape index (κ3) is 3.92. The van der Waals surface area contributed by atoms with Crippen molar-refractivity contribution in [1.29, 1.82) is 0 Å². The maximum Gasteiger partial charge on any atom is 0.137 e. The van der Waals surface area contributed by atoms with Gasteiger partial charge in [-0.15, -0.1) is 0 Å². The van der Waals surface area contributed by atoms with Crippen molar-refractivity contribution in [1.82, 2.24) is 14.5 Å². The van der Waals surface area contributed by atoms with Gasteiger partial charge in [-0.3, -0.25) is 9.55 Å². The van der Waals surface area contributed by atoms with E-state index >= 15 is 0 Å². The molecule has 0 bridgehead atoms. The van der Waals surface area contributed by atoms with Crippen LogP contribution in [0, 0.1) is 13.8 Å². The van der Waals surface area contributed by atoms with Crippen molar-refractivity contribution in [3.05, 3.63) is 115 Å². The molecule has 3 aromatic carbocycles. The SMILES string of the molecule is Cc1ccnc(P(C)c2cccc(-c3ccc4c5ccccc5n(-c5cccc(C)n5)c4c3)c2)c1. The first kappa shape index (κ1) is 21.7. The molecular formula is C31H26N3P. The first-order chi connectivity index (χ1) is 17.1. The molecule has 0 amide bonds. The molecule has 4 heteroatoms. The number of aryl methyl sites for hydroxylation is 2. The van der Waals surface area contributed by atoms with Gasteiger partial charge in [-0.2, -0.15) is 0 Å². The summed E-state index contributed by atoms with van der Waals surface area (Å²) in [7, 11) is -0.517. The summed E-state index contributed by atoms with van der Waals surface area (Å²) >= 11 is 0. The second kappa shape index (κ2) is 8.76. The fourth-order valence-corrected chi connectivity index (χ4v) is 6.32. The van der Waals surface area contributed by atoms with E-state index < -0.39 is 7.92 Å². The Labute approximate surface area is 206 Å². The summed E-state index contributed by atoms with van der Waals surface area (Å²) in [6.45, 7) is 6.46. The lowest BCUT2D eigenvalue weighted by molar-refractivity contribution is 1.05. The molecule has 0 radical (unpaired) electrons. The highest BCUT2D eigenvalue weighted by atomic mass is 31.1. The zero-order valence-electron chi connectivity index (χ0n) is 20.1. The van der Waals surface area contributed by atoms with Gasteiger partial charge in [0.15, 0.2) is 0 Å². The minimum absolute atomic E-state index is 0.517. The van der Waals surface area contributed by atoms with E-state index in [2.05, 4.69) is 114 Å². The van der Waals surface area contributed by atoms with E-state index in [9.17, 15) is 0 Å². The van der Waals surface area contributed by atoms with Crippen LogP contribution < -0.4 is 10.7 Å². The molecule has 6 rings (SSSR count). The van der Waals surface area contributed by atoms with Gasteiger partial charge >= 0.3 is 0 Å². The minimum atomic E-state index is -0.517. The second-order valence-electron chi connectivity index (χ2n) is 9.02. The second-order valence-corrected chi connectivity index (χ2v) is 11.1. The van der Waals surface area contributed by atoms with Gasteiger partial charge in [-0.1, -0.05) is 54.6 Å². The Bertz CT molecular complexity index is 1700. The van der Waals surface area contributed by atoms with Crippen LogP contribution in [0.4, 0.5) is 0 Å². The van der Waals surface area contributed by atoms with E-state index in [0.29, 0.717) is 0 Å². The van der Waals surface area contributed by atoms with Crippen molar-refractivity contribution in [3.8, 4) is 16.9 Å². The highest BCUT2D eigenvalue weighted by Crippen LogP contribution is 2.35. The molecule has 6 aromatic rings. The smallest absolute Gasteiger partial charge is 0.137 e. The first-order valence-corrected chi connectivity index (χ1v) is 13.6. The monoisotopic (exact) mass is 471 g/mol. The lowest BCUT2D eigenvalue weighted by Crippen LogP contribution is -2.14. The molecule has 3 aromatic heterocycles. The number of aromatic nitrogens is 3. The highest BCUT2D eigenvalue weighted by Gasteiger charge is 2.15. The van der Waals surface area contributed by atoms with Crippen LogP contribution in [0.15, 0.2) is 103 Å². The number of pyridine rings is 2. The molecule has 170 valence electrons. The van der Waals surface area contributed by atoms with Crippen molar-refractivity contribution in [2.75, 3.05) is 6.66 Å². The number of benzene rings is 3. The summed E-state index contributed by atoms with van der Waals surface area (Å²) in [4.78, 5) is 9.51. The molecule has 0 fully saturated rings. The predicted molar refractivity (Wildman–Crippen MR) is 150 cm³/mol. The Kier molecular flexibility index (Phi) is 5.43. The standard InChI is InChI=1S/C31H26N3P/c1-21-16-17-32-31(18-21)35(3)25-10-7-9-23(19-25)24-14-15-27-26-11-4-5-12-28(26)34(29(27)20-24)30-13-6-8-22(2)33-30/h4-20H,1-3H3. The van der Waals surface area contributed by atoms with Gasteiger partial charge in [0.25, 0.3) is 0 Å². The summed E-state index contributed by atoms with van der Waals surface area (Å²) in [6, 6.07) is 34.8. The van der Waals surface area contributed by atoms with Crippen molar-refractivity contribution in [3.63, 3.8) is 0 Å². The van der Waals surface area contributed by atoms with Crippen molar-refractivity contribution < 1.29 is 0 Å². The molecule has 35 heavy (non-hydrogen) atoms. The molecule has 0 aliphatic heterocycles. The number of para-hydroxylation sites is 1.